The molecule has 17 heavy (non-hydrogen) atoms. The van der Waals surface area contributed by atoms with Gasteiger partial charge in [-0.1, -0.05) is 36.4 Å². The van der Waals surface area contributed by atoms with E-state index in [0.29, 0.717) is 0 Å². The molecule has 0 aliphatic rings. The first-order chi connectivity index (χ1) is 8.29. The van der Waals surface area contributed by atoms with Crippen LogP contribution in [0.5, 0.6) is 0 Å². The highest BCUT2D eigenvalue weighted by Gasteiger charge is 2.18. The second kappa shape index (κ2) is 7.39. The Morgan fingerprint density at radius 2 is 2.12 bits per heavy atom. The quantitative estimate of drug-likeness (QED) is 0.327. The van der Waals surface area contributed by atoms with Gasteiger partial charge in [0.2, 0.25) is 0 Å². The maximum Gasteiger partial charge on any atom is 0.335 e. The van der Waals surface area contributed by atoms with E-state index >= 15 is 0 Å². The van der Waals surface area contributed by atoms with Crippen molar-refractivity contribution in [1.29, 1.82) is 0 Å². The number of carbonyl (C=O) groups is 1. The number of rotatable bonds is 6. The summed E-state index contributed by atoms with van der Waals surface area (Å²) in [4.78, 5) is 15.9. The van der Waals surface area contributed by atoms with Gasteiger partial charge in [-0.15, -0.1) is 6.58 Å². The molecule has 90 valence electrons. The number of hydrogen-bond donors (Lipinski definition) is 0. The summed E-state index contributed by atoms with van der Waals surface area (Å²) in [6, 6.07) is 8.83. The Kier molecular flexibility index (Phi) is 5.72. The normalized spacial score (nSPS) is 12.3. The zero-order valence-electron chi connectivity index (χ0n) is 10.0. The number of carbonyl (C=O) groups excluding carboxylic acids is 1. The fourth-order valence-electron chi connectivity index (χ4n) is 1.40. The van der Waals surface area contributed by atoms with Crippen molar-refractivity contribution in [1.82, 2.24) is 0 Å². The monoisotopic (exact) mass is 231 g/mol. The largest absolute Gasteiger partial charge is 0.467 e. The van der Waals surface area contributed by atoms with Crippen molar-refractivity contribution >= 4 is 12.2 Å². The second-order valence-electron chi connectivity index (χ2n) is 3.53. The topological polar surface area (TPSA) is 38.7 Å². The summed E-state index contributed by atoms with van der Waals surface area (Å²) in [7, 11) is 1.37. The van der Waals surface area contributed by atoms with Gasteiger partial charge in [0.05, 0.1) is 7.11 Å². The van der Waals surface area contributed by atoms with E-state index in [-0.39, 0.29) is 5.97 Å². The molecule has 0 aliphatic carbocycles. The number of esters is 1. The van der Waals surface area contributed by atoms with Crippen LogP contribution in [0.3, 0.4) is 0 Å². The molecule has 0 saturated heterocycles. The third-order valence-electron chi connectivity index (χ3n) is 2.29. The number of unbranched alkanes of at least 4 members (excludes halogenated alkanes) is 1. The van der Waals surface area contributed by atoms with Gasteiger partial charge >= 0.3 is 5.97 Å². The Morgan fingerprint density at radius 3 is 2.71 bits per heavy atom. The summed E-state index contributed by atoms with van der Waals surface area (Å²) in [5.74, 6) is -0.342. The molecule has 0 fully saturated rings. The average molecular weight is 231 g/mol. The highest BCUT2D eigenvalue weighted by atomic mass is 16.5. The van der Waals surface area contributed by atoms with Gasteiger partial charge in [0.15, 0.2) is 6.04 Å². The van der Waals surface area contributed by atoms with E-state index in [1.807, 2.05) is 36.4 Å². The van der Waals surface area contributed by atoms with E-state index in [1.54, 1.807) is 6.21 Å². The molecule has 0 saturated carbocycles. The lowest BCUT2D eigenvalue weighted by molar-refractivity contribution is -0.142. The minimum atomic E-state index is -0.564. The van der Waals surface area contributed by atoms with Crippen LogP contribution in [0.2, 0.25) is 0 Å². The van der Waals surface area contributed by atoms with Gasteiger partial charge in [0, 0.05) is 6.21 Å². The molecular formula is C14H17NO2. The van der Waals surface area contributed by atoms with Crippen LogP contribution in [0.4, 0.5) is 0 Å². The lowest BCUT2D eigenvalue weighted by Crippen LogP contribution is -2.12. The Balaban J connectivity index is 2.78. The van der Waals surface area contributed by atoms with Crippen LogP contribution in [0.1, 0.15) is 24.4 Å². The highest BCUT2D eigenvalue weighted by Crippen LogP contribution is 2.18. The predicted molar refractivity (Wildman–Crippen MR) is 69.1 cm³/mol. The molecule has 0 N–H and O–H groups in total. The van der Waals surface area contributed by atoms with Crippen LogP contribution >= 0.6 is 0 Å². The van der Waals surface area contributed by atoms with Gasteiger partial charge in [-0.3, -0.25) is 4.99 Å². The Morgan fingerprint density at radius 1 is 1.41 bits per heavy atom. The van der Waals surface area contributed by atoms with Gasteiger partial charge in [0.1, 0.15) is 0 Å². The highest BCUT2D eigenvalue weighted by molar-refractivity contribution is 5.79. The average Bonchev–Trinajstić information content (AvgIpc) is 2.39. The van der Waals surface area contributed by atoms with E-state index in [4.69, 9.17) is 4.74 Å². The zero-order chi connectivity index (χ0) is 12.5. The molecule has 0 bridgehead atoms. The molecule has 1 rings (SSSR count). The number of ether oxygens (including phenoxy) is 1. The molecule has 0 radical (unpaired) electrons. The van der Waals surface area contributed by atoms with Crippen LogP contribution in [0.25, 0.3) is 0 Å². The molecule has 1 aromatic carbocycles. The van der Waals surface area contributed by atoms with E-state index in [9.17, 15) is 4.79 Å². The van der Waals surface area contributed by atoms with Crippen LogP contribution in [-0.4, -0.2) is 19.3 Å². The van der Waals surface area contributed by atoms with Crippen molar-refractivity contribution in [3.8, 4) is 0 Å². The molecule has 0 aliphatic heterocycles. The van der Waals surface area contributed by atoms with Crippen LogP contribution in [0.15, 0.2) is 48.0 Å². The molecule has 1 atom stereocenters. The smallest absolute Gasteiger partial charge is 0.335 e. The SMILES string of the molecule is C=CCCC=N[C@H](C(=O)OC)c1ccccc1. The van der Waals surface area contributed by atoms with E-state index in [1.165, 1.54) is 7.11 Å². The van der Waals surface area contributed by atoms with Gasteiger partial charge < -0.3 is 4.74 Å². The van der Waals surface area contributed by atoms with Crippen molar-refractivity contribution in [2.75, 3.05) is 7.11 Å². The van der Waals surface area contributed by atoms with Gasteiger partial charge in [-0.2, -0.15) is 0 Å². The maximum atomic E-state index is 11.6. The summed E-state index contributed by atoms with van der Waals surface area (Å²) in [6.45, 7) is 3.63. The molecular weight excluding hydrogens is 214 g/mol. The Bertz CT molecular complexity index is 384. The first kappa shape index (κ1) is 13.2. The van der Waals surface area contributed by atoms with Gasteiger partial charge in [0.25, 0.3) is 0 Å². The van der Waals surface area contributed by atoms with Crippen LogP contribution < -0.4 is 0 Å². The summed E-state index contributed by atoms with van der Waals surface area (Å²) >= 11 is 0. The number of aliphatic imine (C=N–C) groups is 1. The summed E-state index contributed by atoms with van der Waals surface area (Å²) in [6.07, 6.45) is 5.20. The number of hydrogen-bond acceptors (Lipinski definition) is 3. The molecule has 3 heteroatoms. The summed E-state index contributed by atoms with van der Waals surface area (Å²) < 4.78 is 4.75. The van der Waals surface area contributed by atoms with Crippen molar-refractivity contribution < 1.29 is 9.53 Å². The van der Waals surface area contributed by atoms with Crippen molar-refractivity contribution in [2.45, 2.75) is 18.9 Å². The number of allylic oxidation sites excluding steroid dienone is 1. The van der Waals surface area contributed by atoms with Crippen molar-refractivity contribution in [3.63, 3.8) is 0 Å². The number of methoxy groups -OCH3 is 1. The van der Waals surface area contributed by atoms with Crippen LogP contribution in [0, 0.1) is 0 Å². The van der Waals surface area contributed by atoms with E-state index in [0.717, 1.165) is 18.4 Å². The number of benzene rings is 1. The summed E-state index contributed by atoms with van der Waals surface area (Å²) in [5, 5.41) is 0. The minimum absolute atomic E-state index is 0.342. The molecule has 3 nitrogen and oxygen atoms in total. The summed E-state index contributed by atoms with van der Waals surface area (Å²) in [5.41, 5.74) is 0.842. The third-order valence-corrected chi connectivity index (χ3v) is 2.29. The van der Waals surface area contributed by atoms with E-state index < -0.39 is 6.04 Å². The fraction of sp³-hybridized carbons (Fsp3) is 0.286. The second-order valence-corrected chi connectivity index (χ2v) is 3.53. The molecule has 0 heterocycles. The van der Waals surface area contributed by atoms with Gasteiger partial charge in [-0.05, 0) is 18.4 Å². The lowest BCUT2D eigenvalue weighted by atomic mass is 10.1. The molecule has 0 aromatic heterocycles. The molecule has 0 amide bonds. The Labute approximate surface area is 102 Å². The fourth-order valence-corrected chi connectivity index (χ4v) is 1.40. The first-order valence-electron chi connectivity index (χ1n) is 5.55. The predicted octanol–water partition coefficient (Wildman–Crippen LogP) is 2.94. The molecule has 1 aromatic rings. The maximum absolute atomic E-state index is 11.6. The number of nitrogens with zero attached hydrogens (tertiary/aromatic N) is 1. The Hall–Kier alpha value is -1.90. The molecule has 0 spiro atoms. The minimum Gasteiger partial charge on any atom is -0.467 e. The lowest BCUT2D eigenvalue weighted by Gasteiger charge is -2.09. The van der Waals surface area contributed by atoms with E-state index in [2.05, 4.69) is 11.6 Å². The zero-order valence-corrected chi connectivity index (χ0v) is 10.0. The van der Waals surface area contributed by atoms with Crippen molar-refractivity contribution in [3.05, 3.63) is 48.6 Å². The molecule has 0 unspecified atom stereocenters. The first-order valence-corrected chi connectivity index (χ1v) is 5.55. The van der Waals surface area contributed by atoms with Crippen LogP contribution in [-0.2, 0) is 9.53 Å². The van der Waals surface area contributed by atoms with Crippen molar-refractivity contribution in [2.24, 2.45) is 4.99 Å². The standard InChI is InChI=1S/C14H17NO2/c1-3-4-8-11-15-13(14(16)17-2)12-9-6-5-7-10-12/h3,5-7,9-11,13H,1,4,8H2,2H3/t13-/m0/s1. The third kappa shape index (κ3) is 4.23. The van der Waals surface area contributed by atoms with Gasteiger partial charge in [-0.25, -0.2) is 4.79 Å².